The van der Waals surface area contributed by atoms with Gasteiger partial charge in [-0.05, 0) is 30.0 Å². The van der Waals surface area contributed by atoms with Crippen LogP contribution in [0.15, 0.2) is 60.7 Å². The van der Waals surface area contributed by atoms with Gasteiger partial charge in [-0.25, -0.2) is 9.66 Å². The van der Waals surface area contributed by atoms with Crippen molar-refractivity contribution in [2.75, 3.05) is 5.84 Å². The predicted molar refractivity (Wildman–Crippen MR) is 117 cm³/mol. The van der Waals surface area contributed by atoms with E-state index in [1.807, 2.05) is 18.7 Å². The lowest BCUT2D eigenvalue weighted by Gasteiger charge is -2.30. The molecule has 3 heterocycles. The number of aromatic nitrogens is 2. The molecular weight excluding hydrogens is 384 g/mol. The summed E-state index contributed by atoms with van der Waals surface area (Å²) in [4.78, 5) is 6.93. The Morgan fingerprint density at radius 2 is 1.68 bits per heavy atom. The minimum absolute atomic E-state index is 0.236. The van der Waals surface area contributed by atoms with Crippen LogP contribution in [-0.2, 0) is 6.42 Å². The van der Waals surface area contributed by atoms with Crippen LogP contribution in [0.4, 0.5) is 0 Å². The zero-order valence-corrected chi connectivity index (χ0v) is 17.1. The smallest absolute Gasteiger partial charge is 0.155 e. The molecule has 1 aliphatic heterocycles. The molecule has 0 spiro atoms. The van der Waals surface area contributed by atoms with Gasteiger partial charge in [0.05, 0.1) is 10.6 Å². The molecule has 0 radical (unpaired) electrons. The van der Waals surface area contributed by atoms with Crippen LogP contribution in [0.3, 0.4) is 0 Å². The maximum atomic E-state index is 8.62. The highest BCUT2D eigenvalue weighted by molar-refractivity contribution is 8.00. The van der Waals surface area contributed by atoms with Crippen molar-refractivity contribution >= 4 is 33.3 Å². The maximum absolute atomic E-state index is 8.62. The monoisotopic (exact) mass is 404 g/mol. The first-order chi connectivity index (χ1) is 13.6. The molecule has 4 nitrogen and oxygen atoms in total. The van der Waals surface area contributed by atoms with Crippen LogP contribution in [0.25, 0.3) is 10.2 Å². The van der Waals surface area contributed by atoms with Crippen LogP contribution in [0, 0.1) is 12.3 Å². The van der Waals surface area contributed by atoms with Crippen molar-refractivity contribution in [1.29, 1.82) is 5.41 Å². The van der Waals surface area contributed by atoms with E-state index < -0.39 is 0 Å². The second-order valence-corrected chi connectivity index (χ2v) is 9.38. The molecule has 2 aromatic carbocycles. The van der Waals surface area contributed by atoms with Gasteiger partial charge in [-0.15, -0.1) is 23.1 Å². The van der Waals surface area contributed by atoms with Gasteiger partial charge in [-0.3, -0.25) is 5.41 Å². The first-order valence-corrected chi connectivity index (χ1v) is 11.0. The fourth-order valence-corrected chi connectivity index (χ4v) is 6.93. The number of aryl methyl sites for hydroxylation is 1. The first kappa shape index (κ1) is 17.5. The van der Waals surface area contributed by atoms with Gasteiger partial charge < -0.3 is 5.84 Å². The van der Waals surface area contributed by atoms with E-state index >= 15 is 0 Å². The van der Waals surface area contributed by atoms with Crippen molar-refractivity contribution in [2.24, 2.45) is 0 Å². The number of benzene rings is 2. The fourth-order valence-electron chi connectivity index (χ4n) is 3.87. The number of hydrogen-bond donors (Lipinski definition) is 2. The highest BCUT2D eigenvalue weighted by Crippen LogP contribution is 2.54. The Kier molecular flexibility index (Phi) is 4.25. The summed E-state index contributed by atoms with van der Waals surface area (Å²) in [6.45, 7) is 1.85. The van der Waals surface area contributed by atoms with Crippen LogP contribution in [0.2, 0.25) is 0 Å². The predicted octanol–water partition coefficient (Wildman–Crippen LogP) is 4.72. The molecule has 0 saturated carbocycles. The van der Waals surface area contributed by atoms with Gasteiger partial charge in [0.25, 0.3) is 0 Å². The van der Waals surface area contributed by atoms with E-state index in [4.69, 9.17) is 16.2 Å². The molecule has 5 rings (SSSR count). The second kappa shape index (κ2) is 6.79. The lowest BCUT2D eigenvalue weighted by atomic mass is 9.98. The molecule has 0 aliphatic carbocycles. The third-order valence-electron chi connectivity index (χ3n) is 5.31. The number of thioether (sulfide) groups is 1. The zero-order chi connectivity index (χ0) is 19.3. The van der Waals surface area contributed by atoms with Crippen molar-refractivity contribution in [3.05, 3.63) is 93.5 Å². The molecule has 3 N–H and O–H groups in total. The Bertz CT molecular complexity index is 1210. The number of nitrogens with one attached hydrogen (secondary N) is 1. The average Bonchev–Trinajstić information content (AvgIpc) is 3.10. The van der Waals surface area contributed by atoms with Crippen LogP contribution in [0.5, 0.6) is 0 Å². The van der Waals surface area contributed by atoms with Crippen LogP contribution in [0.1, 0.15) is 37.9 Å². The molecule has 0 fully saturated rings. The van der Waals surface area contributed by atoms with Gasteiger partial charge in [0, 0.05) is 10.1 Å². The summed E-state index contributed by atoms with van der Waals surface area (Å²) in [7, 11) is 0. The zero-order valence-electron chi connectivity index (χ0n) is 15.4. The van der Waals surface area contributed by atoms with Crippen molar-refractivity contribution in [3.63, 3.8) is 0 Å². The van der Waals surface area contributed by atoms with Gasteiger partial charge in [-0.2, -0.15) is 0 Å². The Morgan fingerprint density at radius 3 is 2.36 bits per heavy atom. The standard InChI is InChI=1S/C22H20N4S2/c1-13-25-22-18(21(23)26(13)24)16-12-17(14-8-4-2-5-9-14)27-19(20(16)28-22)15-10-6-3-7-11-15/h2-11,17,19,23H,12,24H2,1H3/t17-,19-/m0/s1. The van der Waals surface area contributed by atoms with Crippen molar-refractivity contribution < 1.29 is 0 Å². The Balaban J connectivity index is 1.75. The van der Waals surface area contributed by atoms with E-state index in [0.717, 1.165) is 16.6 Å². The largest absolute Gasteiger partial charge is 0.336 e. The summed E-state index contributed by atoms with van der Waals surface area (Å²) in [5, 5.41) is 10.1. The highest BCUT2D eigenvalue weighted by Gasteiger charge is 2.33. The molecule has 0 amide bonds. The number of nitrogen functional groups attached to an aromatic ring is 1. The topological polar surface area (TPSA) is 67.7 Å². The Morgan fingerprint density at radius 1 is 1.04 bits per heavy atom. The fraction of sp³-hybridized carbons (Fsp3) is 0.182. The molecule has 2 aromatic heterocycles. The van der Waals surface area contributed by atoms with Gasteiger partial charge >= 0.3 is 0 Å². The molecular formula is C22H20N4S2. The van der Waals surface area contributed by atoms with Gasteiger partial charge in [-0.1, -0.05) is 60.7 Å². The molecule has 4 aromatic rings. The third kappa shape index (κ3) is 2.75. The summed E-state index contributed by atoms with van der Waals surface area (Å²) >= 11 is 3.71. The van der Waals surface area contributed by atoms with Crippen LogP contribution >= 0.6 is 23.1 Å². The van der Waals surface area contributed by atoms with E-state index in [1.165, 1.54) is 26.2 Å². The van der Waals surface area contributed by atoms with Gasteiger partial charge in [0.1, 0.15) is 10.7 Å². The second-order valence-electron chi connectivity index (χ2n) is 7.03. The molecule has 2 atom stereocenters. The SMILES string of the molecule is Cc1nc2sc3c(c2c(=N)n1N)C[C@@H](c1ccccc1)S[C@H]3c1ccccc1. The van der Waals surface area contributed by atoms with Crippen molar-refractivity contribution in [2.45, 2.75) is 23.8 Å². The first-order valence-electron chi connectivity index (χ1n) is 9.23. The molecule has 6 heteroatoms. The molecule has 1 aliphatic rings. The molecule has 28 heavy (non-hydrogen) atoms. The molecule has 0 unspecified atom stereocenters. The van der Waals surface area contributed by atoms with E-state index in [9.17, 15) is 0 Å². The van der Waals surface area contributed by atoms with Crippen molar-refractivity contribution in [1.82, 2.24) is 9.66 Å². The molecule has 0 bridgehead atoms. The van der Waals surface area contributed by atoms with Gasteiger partial charge in [0.15, 0.2) is 5.49 Å². The number of nitrogens with two attached hydrogens (primary N) is 1. The minimum atomic E-state index is 0.236. The summed E-state index contributed by atoms with van der Waals surface area (Å²) in [6, 6.07) is 21.3. The van der Waals surface area contributed by atoms with E-state index in [-0.39, 0.29) is 5.25 Å². The molecule has 0 saturated heterocycles. The Hall–Kier alpha value is -2.57. The third-order valence-corrected chi connectivity index (χ3v) is 8.20. The summed E-state index contributed by atoms with van der Waals surface area (Å²) in [5.74, 6) is 6.76. The van der Waals surface area contributed by atoms with Crippen LogP contribution < -0.4 is 11.3 Å². The van der Waals surface area contributed by atoms with E-state index in [2.05, 4.69) is 60.7 Å². The lowest BCUT2D eigenvalue weighted by Crippen LogP contribution is -2.30. The number of rotatable bonds is 2. The summed E-state index contributed by atoms with van der Waals surface area (Å²) in [6.07, 6.45) is 0.893. The maximum Gasteiger partial charge on any atom is 0.155 e. The number of hydrogen-bond acceptors (Lipinski definition) is 5. The number of fused-ring (bicyclic) bond motifs is 3. The van der Waals surface area contributed by atoms with Gasteiger partial charge in [0.2, 0.25) is 0 Å². The van der Waals surface area contributed by atoms with Crippen LogP contribution in [-0.4, -0.2) is 9.66 Å². The average molecular weight is 405 g/mol. The normalized spacial score (nSPS) is 18.9. The van der Waals surface area contributed by atoms with Crippen molar-refractivity contribution in [3.8, 4) is 0 Å². The summed E-state index contributed by atoms with van der Waals surface area (Å²) < 4.78 is 1.39. The highest BCUT2D eigenvalue weighted by atomic mass is 32.2. The minimum Gasteiger partial charge on any atom is -0.336 e. The quantitative estimate of drug-likeness (QED) is 0.475. The number of nitrogens with zero attached hydrogens (tertiary/aromatic N) is 2. The van der Waals surface area contributed by atoms with E-state index in [0.29, 0.717) is 16.6 Å². The summed E-state index contributed by atoms with van der Waals surface area (Å²) in [5.41, 5.74) is 4.21. The Labute approximate surface area is 171 Å². The number of thiophene rings is 1. The lowest BCUT2D eigenvalue weighted by molar-refractivity contribution is 0.813. The molecule has 140 valence electrons. The van der Waals surface area contributed by atoms with E-state index in [1.54, 1.807) is 11.3 Å².